The zero-order valence-electron chi connectivity index (χ0n) is 17.2. The second-order valence-corrected chi connectivity index (χ2v) is 9.14. The minimum absolute atomic E-state index is 0.193. The van der Waals surface area contributed by atoms with Crippen LogP contribution in [-0.4, -0.2) is 25.7 Å². The molecule has 1 atom stereocenters. The van der Waals surface area contributed by atoms with Crippen LogP contribution in [-0.2, 0) is 10.5 Å². The maximum Gasteiger partial charge on any atom is 0.255 e. The Kier molecular flexibility index (Phi) is 5.74. The van der Waals surface area contributed by atoms with Gasteiger partial charge < -0.3 is 10.6 Å². The van der Waals surface area contributed by atoms with Crippen molar-refractivity contribution in [1.29, 1.82) is 0 Å². The number of carbonyl (C=O) groups is 1. The number of hydrogen-bond acceptors (Lipinski definition) is 7. The Bertz CT molecular complexity index is 1250. The first-order valence-corrected chi connectivity index (χ1v) is 11.9. The third kappa shape index (κ3) is 4.17. The molecule has 4 heterocycles. The second kappa shape index (κ2) is 8.97. The molecule has 1 amide bonds. The normalized spacial score (nSPS) is 15.2. The van der Waals surface area contributed by atoms with E-state index in [1.165, 1.54) is 5.56 Å². The van der Waals surface area contributed by atoms with E-state index in [1.54, 1.807) is 41.6 Å². The number of aromatic nitrogens is 4. The molecule has 32 heavy (non-hydrogen) atoms. The third-order valence-electron chi connectivity index (χ3n) is 5.02. The molecule has 160 valence electrons. The maximum atomic E-state index is 13.3. The topological polar surface area (TPSA) is 84.7 Å². The zero-order chi connectivity index (χ0) is 21.9. The quantitative estimate of drug-likeness (QED) is 0.396. The van der Waals surface area contributed by atoms with Crippen LogP contribution in [0.3, 0.4) is 0 Å². The molecule has 0 unspecified atom stereocenters. The molecule has 1 aliphatic heterocycles. The highest BCUT2D eigenvalue weighted by Crippen LogP contribution is 2.38. The fraction of sp³-hybridized carbons (Fsp3) is 0.130. The van der Waals surface area contributed by atoms with Crippen molar-refractivity contribution < 1.29 is 4.79 Å². The van der Waals surface area contributed by atoms with Gasteiger partial charge in [0.15, 0.2) is 0 Å². The number of thiophene rings is 1. The van der Waals surface area contributed by atoms with Crippen LogP contribution in [0.2, 0.25) is 0 Å². The van der Waals surface area contributed by atoms with Crippen molar-refractivity contribution in [2.24, 2.45) is 0 Å². The summed E-state index contributed by atoms with van der Waals surface area (Å²) in [7, 11) is 0. The van der Waals surface area contributed by atoms with Gasteiger partial charge >= 0.3 is 0 Å². The highest BCUT2D eigenvalue weighted by molar-refractivity contribution is 7.98. The molecule has 9 heteroatoms. The molecule has 0 fully saturated rings. The lowest BCUT2D eigenvalue weighted by molar-refractivity contribution is -0.113. The molecule has 2 N–H and O–H groups in total. The molecule has 0 radical (unpaired) electrons. The molecule has 0 spiro atoms. The van der Waals surface area contributed by atoms with Crippen molar-refractivity contribution in [1.82, 2.24) is 19.7 Å². The predicted octanol–water partition coefficient (Wildman–Crippen LogP) is 4.95. The summed E-state index contributed by atoms with van der Waals surface area (Å²) in [6, 6.07) is 17.5. The van der Waals surface area contributed by atoms with Crippen LogP contribution in [0.25, 0.3) is 0 Å². The van der Waals surface area contributed by atoms with Gasteiger partial charge in [-0.1, -0.05) is 48.2 Å². The molecule has 3 aromatic heterocycles. The third-order valence-corrected chi connectivity index (χ3v) is 6.85. The number of rotatable bonds is 6. The number of pyridine rings is 1. The largest absolute Gasteiger partial charge is 0.328 e. The summed E-state index contributed by atoms with van der Waals surface area (Å²) >= 11 is 3.17. The lowest BCUT2D eigenvalue weighted by atomic mass is 10.0. The number of nitrogens with one attached hydrogen (secondary N) is 2. The minimum Gasteiger partial charge on any atom is -0.328 e. The van der Waals surface area contributed by atoms with Crippen LogP contribution in [0.4, 0.5) is 11.6 Å². The Morgan fingerprint density at radius 2 is 2.06 bits per heavy atom. The molecule has 0 aliphatic carbocycles. The SMILES string of the molecule is CC1=C(C(=O)Nc2cccnc2)[C@@H](c2cccs2)n2nc(SCc3ccccc3)nc2N1. The first-order valence-electron chi connectivity index (χ1n) is 10.0. The van der Waals surface area contributed by atoms with Crippen molar-refractivity contribution in [2.75, 3.05) is 10.6 Å². The van der Waals surface area contributed by atoms with E-state index in [0.29, 0.717) is 22.4 Å². The number of allylic oxidation sites excluding steroid dienone is 1. The van der Waals surface area contributed by atoms with Crippen molar-refractivity contribution in [3.05, 3.63) is 94.1 Å². The highest BCUT2D eigenvalue weighted by Gasteiger charge is 2.35. The summed E-state index contributed by atoms with van der Waals surface area (Å²) in [5.41, 5.74) is 3.21. The molecule has 1 aliphatic rings. The number of thioether (sulfide) groups is 1. The van der Waals surface area contributed by atoms with E-state index in [1.807, 2.05) is 53.4 Å². The van der Waals surface area contributed by atoms with Crippen LogP contribution in [0.15, 0.2) is 88.8 Å². The van der Waals surface area contributed by atoms with E-state index in [-0.39, 0.29) is 11.9 Å². The van der Waals surface area contributed by atoms with Crippen molar-refractivity contribution in [3.63, 3.8) is 0 Å². The molecule has 0 saturated carbocycles. The molecule has 5 rings (SSSR count). The van der Waals surface area contributed by atoms with Gasteiger partial charge in [-0.05, 0) is 36.1 Å². The summed E-state index contributed by atoms with van der Waals surface area (Å²) < 4.78 is 1.81. The Hall–Kier alpha value is -3.43. The van der Waals surface area contributed by atoms with Crippen molar-refractivity contribution in [2.45, 2.75) is 23.9 Å². The van der Waals surface area contributed by atoms with E-state index >= 15 is 0 Å². The van der Waals surface area contributed by atoms with Crippen molar-refractivity contribution in [3.8, 4) is 0 Å². The van der Waals surface area contributed by atoms with Gasteiger partial charge in [-0.2, -0.15) is 4.98 Å². The molecular formula is C23H20N6OS2. The Morgan fingerprint density at radius 1 is 1.19 bits per heavy atom. The molecule has 1 aromatic carbocycles. The second-order valence-electron chi connectivity index (χ2n) is 7.21. The van der Waals surface area contributed by atoms with E-state index in [0.717, 1.165) is 16.3 Å². The Morgan fingerprint density at radius 3 is 2.81 bits per heavy atom. The molecule has 4 aromatic rings. The first-order chi connectivity index (χ1) is 15.7. The van der Waals surface area contributed by atoms with Gasteiger partial charge in [0.05, 0.1) is 17.5 Å². The molecule has 7 nitrogen and oxygen atoms in total. The van der Waals surface area contributed by atoms with Gasteiger partial charge in [-0.25, -0.2) is 4.68 Å². The summed E-state index contributed by atoms with van der Waals surface area (Å²) in [5.74, 6) is 1.21. The van der Waals surface area contributed by atoms with Gasteiger partial charge in [0, 0.05) is 22.5 Å². The fourth-order valence-corrected chi connectivity index (χ4v) is 5.16. The molecule has 0 bridgehead atoms. The van der Waals surface area contributed by atoms with E-state index in [9.17, 15) is 4.79 Å². The summed E-state index contributed by atoms with van der Waals surface area (Å²) in [6.45, 7) is 1.90. The minimum atomic E-state index is -0.360. The number of anilines is 2. The van der Waals surface area contributed by atoms with Crippen LogP contribution in [0.5, 0.6) is 0 Å². The summed E-state index contributed by atoms with van der Waals surface area (Å²) in [6.07, 6.45) is 3.30. The highest BCUT2D eigenvalue weighted by atomic mass is 32.2. The van der Waals surface area contributed by atoms with Gasteiger partial charge in [0.1, 0.15) is 6.04 Å². The number of hydrogen-bond donors (Lipinski definition) is 2. The van der Waals surface area contributed by atoms with Gasteiger partial charge in [0.25, 0.3) is 5.91 Å². The van der Waals surface area contributed by atoms with E-state index < -0.39 is 0 Å². The monoisotopic (exact) mass is 460 g/mol. The lowest BCUT2D eigenvalue weighted by Gasteiger charge is -2.27. The van der Waals surface area contributed by atoms with E-state index in [2.05, 4.69) is 32.7 Å². The van der Waals surface area contributed by atoms with Crippen LogP contribution in [0.1, 0.15) is 23.4 Å². The van der Waals surface area contributed by atoms with Crippen LogP contribution < -0.4 is 10.6 Å². The standard InChI is InChI=1S/C23H20N6OS2/c1-15-19(21(30)26-17-9-5-11-24-13-17)20(18-10-6-12-31-18)29-22(25-15)27-23(28-29)32-14-16-7-3-2-4-8-16/h2-13,20H,14H2,1H3,(H,26,30)(H,25,27,28)/t20-/m1/s1. The molecule has 0 saturated heterocycles. The zero-order valence-corrected chi connectivity index (χ0v) is 18.9. The first kappa shape index (κ1) is 20.5. The number of carbonyl (C=O) groups excluding carboxylic acids is 1. The summed E-state index contributed by atoms with van der Waals surface area (Å²) in [5, 5.41) is 13.7. The number of amides is 1. The molecular weight excluding hydrogens is 440 g/mol. The average Bonchev–Trinajstić information content (AvgIpc) is 3.48. The van der Waals surface area contributed by atoms with Crippen molar-refractivity contribution >= 4 is 40.6 Å². The predicted molar refractivity (Wildman–Crippen MR) is 128 cm³/mol. The smallest absolute Gasteiger partial charge is 0.255 e. The number of fused-ring (bicyclic) bond motifs is 1. The van der Waals surface area contributed by atoms with E-state index in [4.69, 9.17) is 5.10 Å². The lowest BCUT2D eigenvalue weighted by Crippen LogP contribution is -2.31. The number of nitrogens with zero attached hydrogens (tertiary/aromatic N) is 4. The summed E-state index contributed by atoms with van der Waals surface area (Å²) in [4.78, 5) is 23.1. The Balaban J connectivity index is 1.46. The number of benzene rings is 1. The average molecular weight is 461 g/mol. The van der Waals surface area contributed by atoms with Gasteiger partial charge in [0.2, 0.25) is 11.1 Å². The van der Waals surface area contributed by atoms with Gasteiger partial charge in [-0.15, -0.1) is 16.4 Å². The van der Waals surface area contributed by atoms with Crippen LogP contribution >= 0.6 is 23.1 Å². The Labute approximate surface area is 193 Å². The maximum absolute atomic E-state index is 13.3. The van der Waals surface area contributed by atoms with Gasteiger partial charge in [-0.3, -0.25) is 9.78 Å². The fourth-order valence-electron chi connectivity index (χ4n) is 3.55. The van der Waals surface area contributed by atoms with Crippen LogP contribution in [0, 0.1) is 0 Å².